The molecule has 0 atom stereocenters. The summed E-state index contributed by atoms with van der Waals surface area (Å²) in [6.45, 7) is 4.50. The van der Waals surface area contributed by atoms with Crippen LogP contribution in [-0.4, -0.2) is 22.0 Å². The van der Waals surface area contributed by atoms with Crippen LogP contribution in [0.4, 0.5) is 5.69 Å². The fraction of sp³-hybridized carbons (Fsp3) is 0.350. The molecule has 2 heterocycles. The lowest BCUT2D eigenvalue weighted by Gasteiger charge is -2.23. The summed E-state index contributed by atoms with van der Waals surface area (Å²) >= 11 is 1.62. The number of carbonyl (C=O) groups excluding carboxylic acids is 1. The van der Waals surface area contributed by atoms with Crippen molar-refractivity contribution >= 4 is 33.1 Å². The Hall–Kier alpha value is -2.47. The van der Waals surface area contributed by atoms with Crippen molar-refractivity contribution in [1.82, 2.24) is 9.55 Å². The van der Waals surface area contributed by atoms with Gasteiger partial charge in [-0.15, -0.1) is 11.3 Å². The number of aromatic nitrogens is 2. The van der Waals surface area contributed by atoms with E-state index in [2.05, 4.69) is 4.98 Å². The topological polar surface area (TPSA) is 55.2 Å². The van der Waals surface area contributed by atoms with E-state index >= 15 is 0 Å². The van der Waals surface area contributed by atoms with Gasteiger partial charge in [0.1, 0.15) is 11.4 Å². The molecule has 5 nitrogen and oxygen atoms in total. The highest BCUT2D eigenvalue weighted by molar-refractivity contribution is 7.18. The Kier molecular flexibility index (Phi) is 4.36. The molecule has 0 radical (unpaired) electrons. The minimum atomic E-state index is -0.100. The second kappa shape index (κ2) is 6.68. The Labute approximate surface area is 155 Å². The fourth-order valence-corrected chi connectivity index (χ4v) is 4.93. The molecule has 1 aromatic carbocycles. The van der Waals surface area contributed by atoms with Crippen LogP contribution in [-0.2, 0) is 24.2 Å². The van der Waals surface area contributed by atoms with Crippen LogP contribution in [0.25, 0.3) is 10.2 Å². The lowest BCUT2D eigenvalue weighted by atomic mass is 10.2. The lowest BCUT2D eigenvalue weighted by molar-refractivity contribution is -0.119. The molecule has 0 bridgehead atoms. The Bertz CT molecular complexity index is 1050. The van der Waals surface area contributed by atoms with Crippen LogP contribution in [0, 0.1) is 6.92 Å². The summed E-state index contributed by atoms with van der Waals surface area (Å²) in [5.74, 6) is -0.100. The fourth-order valence-electron chi connectivity index (χ4n) is 3.71. The molecule has 1 amide bonds. The van der Waals surface area contributed by atoms with E-state index in [0.29, 0.717) is 6.54 Å². The van der Waals surface area contributed by atoms with E-state index in [9.17, 15) is 9.59 Å². The van der Waals surface area contributed by atoms with Crippen LogP contribution >= 0.6 is 11.3 Å². The van der Waals surface area contributed by atoms with Crippen molar-refractivity contribution in [2.45, 2.75) is 39.7 Å². The number of amides is 1. The standard InChI is InChI=1S/C20H21N3O2S/c1-3-23(15-9-5-4-7-13(15)2)17(24)11-22-12-21-19-18(20(22)25)14-8-6-10-16(14)26-19/h4-5,7,9,12H,3,6,8,10-11H2,1-2H3. The van der Waals surface area contributed by atoms with Crippen LogP contribution in [0.1, 0.15) is 29.3 Å². The first-order valence-electron chi connectivity index (χ1n) is 8.95. The van der Waals surface area contributed by atoms with E-state index in [0.717, 1.165) is 46.3 Å². The van der Waals surface area contributed by atoms with Gasteiger partial charge in [-0.05, 0) is 50.3 Å². The molecule has 0 fully saturated rings. The predicted molar refractivity (Wildman–Crippen MR) is 105 cm³/mol. The highest BCUT2D eigenvalue weighted by atomic mass is 32.1. The largest absolute Gasteiger partial charge is 0.311 e. The second-order valence-electron chi connectivity index (χ2n) is 6.64. The molecule has 4 rings (SSSR count). The number of para-hydroxylation sites is 1. The summed E-state index contributed by atoms with van der Waals surface area (Å²) in [4.78, 5) is 34.1. The van der Waals surface area contributed by atoms with E-state index < -0.39 is 0 Å². The van der Waals surface area contributed by atoms with Crippen LogP contribution in [0.2, 0.25) is 0 Å². The molecule has 1 aliphatic rings. The van der Waals surface area contributed by atoms with Gasteiger partial charge in [0.2, 0.25) is 5.91 Å². The van der Waals surface area contributed by atoms with E-state index in [1.165, 1.54) is 15.8 Å². The Morgan fingerprint density at radius 2 is 2.12 bits per heavy atom. The van der Waals surface area contributed by atoms with Crippen LogP contribution in [0.5, 0.6) is 0 Å². The van der Waals surface area contributed by atoms with Crippen LogP contribution in [0.3, 0.4) is 0 Å². The average molecular weight is 367 g/mol. The molecule has 3 aromatic rings. The third-order valence-electron chi connectivity index (χ3n) is 5.02. The molecule has 0 aliphatic heterocycles. The summed E-state index contributed by atoms with van der Waals surface area (Å²) in [6.07, 6.45) is 4.58. The minimum absolute atomic E-state index is 0.00850. The number of rotatable bonds is 4. The molecule has 0 N–H and O–H groups in total. The van der Waals surface area contributed by atoms with E-state index in [4.69, 9.17) is 0 Å². The number of carbonyl (C=O) groups is 1. The van der Waals surface area contributed by atoms with Gasteiger partial charge in [-0.3, -0.25) is 14.2 Å². The van der Waals surface area contributed by atoms with Gasteiger partial charge in [0.25, 0.3) is 5.56 Å². The summed E-state index contributed by atoms with van der Waals surface area (Å²) in [5.41, 5.74) is 2.98. The molecule has 0 unspecified atom stereocenters. The second-order valence-corrected chi connectivity index (χ2v) is 7.72. The van der Waals surface area contributed by atoms with Gasteiger partial charge >= 0.3 is 0 Å². The number of hydrogen-bond donors (Lipinski definition) is 0. The number of thiophene rings is 1. The first kappa shape index (κ1) is 17.0. The maximum absolute atomic E-state index is 13.0. The van der Waals surface area contributed by atoms with Crippen molar-refractivity contribution in [2.24, 2.45) is 0 Å². The number of aryl methyl sites for hydroxylation is 3. The monoisotopic (exact) mass is 367 g/mol. The zero-order valence-electron chi connectivity index (χ0n) is 15.0. The third-order valence-corrected chi connectivity index (χ3v) is 6.22. The quantitative estimate of drug-likeness (QED) is 0.711. The third kappa shape index (κ3) is 2.74. The van der Waals surface area contributed by atoms with Crippen molar-refractivity contribution < 1.29 is 4.79 Å². The first-order chi connectivity index (χ1) is 12.6. The molecule has 0 saturated heterocycles. The van der Waals surface area contributed by atoms with Crippen molar-refractivity contribution in [3.63, 3.8) is 0 Å². The van der Waals surface area contributed by atoms with Gasteiger partial charge in [-0.25, -0.2) is 4.98 Å². The van der Waals surface area contributed by atoms with Gasteiger partial charge in [-0.2, -0.15) is 0 Å². The average Bonchev–Trinajstić information content (AvgIpc) is 3.20. The van der Waals surface area contributed by atoms with Gasteiger partial charge in [0.05, 0.1) is 11.7 Å². The molecule has 6 heteroatoms. The normalized spacial score (nSPS) is 13.2. The van der Waals surface area contributed by atoms with E-state index in [1.54, 1.807) is 16.2 Å². The van der Waals surface area contributed by atoms with Crippen LogP contribution in [0.15, 0.2) is 35.4 Å². The number of fused-ring (bicyclic) bond motifs is 3. The van der Waals surface area contributed by atoms with E-state index in [-0.39, 0.29) is 18.0 Å². The van der Waals surface area contributed by atoms with Gasteiger partial charge in [-0.1, -0.05) is 18.2 Å². The number of hydrogen-bond acceptors (Lipinski definition) is 4. The predicted octanol–water partition coefficient (Wildman–Crippen LogP) is 3.31. The Balaban J connectivity index is 1.68. The number of likely N-dealkylation sites (N-methyl/N-ethyl adjacent to an activating group) is 1. The summed E-state index contributed by atoms with van der Waals surface area (Å²) < 4.78 is 1.46. The minimum Gasteiger partial charge on any atom is -0.311 e. The Morgan fingerprint density at radius 1 is 1.31 bits per heavy atom. The zero-order chi connectivity index (χ0) is 18.3. The van der Waals surface area contributed by atoms with Crippen molar-refractivity contribution in [2.75, 3.05) is 11.4 Å². The zero-order valence-corrected chi connectivity index (χ0v) is 15.8. The highest BCUT2D eigenvalue weighted by Gasteiger charge is 2.23. The van der Waals surface area contributed by atoms with Gasteiger partial charge in [0.15, 0.2) is 0 Å². The molecule has 1 aliphatic carbocycles. The summed E-state index contributed by atoms with van der Waals surface area (Å²) in [7, 11) is 0. The molecular formula is C20H21N3O2S. The molecule has 2 aromatic heterocycles. The summed E-state index contributed by atoms with van der Waals surface area (Å²) in [6, 6.07) is 7.80. The number of nitrogens with zero attached hydrogens (tertiary/aromatic N) is 3. The molecule has 26 heavy (non-hydrogen) atoms. The van der Waals surface area contributed by atoms with Crippen molar-refractivity contribution in [1.29, 1.82) is 0 Å². The van der Waals surface area contributed by atoms with Gasteiger partial charge < -0.3 is 4.90 Å². The molecular weight excluding hydrogens is 346 g/mol. The van der Waals surface area contributed by atoms with Crippen molar-refractivity contribution in [3.8, 4) is 0 Å². The molecule has 134 valence electrons. The van der Waals surface area contributed by atoms with Crippen LogP contribution < -0.4 is 10.5 Å². The molecule has 0 spiro atoms. The van der Waals surface area contributed by atoms with E-state index in [1.807, 2.05) is 38.1 Å². The SMILES string of the molecule is CCN(C(=O)Cn1cnc2sc3c(c2c1=O)CCC3)c1ccccc1C. The summed E-state index contributed by atoms with van der Waals surface area (Å²) in [5, 5.41) is 0.719. The Morgan fingerprint density at radius 3 is 2.88 bits per heavy atom. The number of anilines is 1. The maximum Gasteiger partial charge on any atom is 0.262 e. The maximum atomic E-state index is 13.0. The molecule has 0 saturated carbocycles. The lowest BCUT2D eigenvalue weighted by Crippen LogP contribution is -2.37. The van der Waals surface area contributed by atoms with Gasteiger partial charge in [0, 0.05) is 17.1 Å². The first-order valence-corrected chi connectivity index (χ1v) is 9.77. The smallest absolute Gasteiger partial charge is 0.262 e. The number of benzene rings is 1. The highest BCUT2D eigenvalue weighted by Crippen LogP contribution is 2.34. The van der Waals surface area contributed by atoms with Crippen molar-refractivity contribution in [3.05, 3.63) is 57.0 Å².